The number of amides is 2. The molecule has 2 aromatic rings. The first-order chi connectivity index (χ1) is 13.5. The summed E-state index contributed by atoms with van der Waals surface area (Å²) in [7, 11) is 0. The maximum absolute atomic E-state index is 12.7. The average Bonchev–Trinajstić information content (AvgIpc) is 2.97. The fourth-order valence-electron chi connectivity index (χ4n) is 3.34. The van der Waals surface area contributed by atoms with Crippen LogP contribution in [-0.4, -0.2) is 35.9 Å². The lowest BCUT2D eigenvalue weighted by atomic mass is 10.1. The van der Waals surface area contributed by atoms with Crippen LogP contribution in [0, 0.1) is 0 Å². The van der Waals surface area contributed by atoms with Crippen LogP contribution in [0.1, 0.15) is 60.2 Å². The second-order valence-corrected chi connectivity index (χ2v) is 7.43. The third kappa shape index (κ3) is 5.35. The van der Waals surface area contributed by atoms with Gasteiger partial charge in [0.2, 0.25) is 0 Å². The molecular formula is C23H28N2O3. The minimum Gasteiger partial charge on any atom is -0.491 e. The van der Waals surface area contributed by atoms with Crippen LogP contribution in [0.25, 0.3) is 0 Å². The van der Waals surface area contributed by atoms with Crippen molar-refractivity contribution in [3.05, 3.63) is 59.7 Å². The molecule has 148 valence electrons. The fourth-order valence-corrected chi connectivity index (χ4v) is 3.34. The Hall–Kier alpha value is -2.82. The van der Waals surface area contributed by atoms with Crippen LogP contribution < -0.4 is 10.1 Å². The number of likely N-dealkylation sites (tertiary alicyclic amines) is 1. The Morgan fingerprint density at radius 2 is 1.61 bits per heavy atom. The van der Waals surface area contributed by atoms with Crippen molar-refractivity contribution >= 4 is 17.5 Å². The maximum atomic E-state index is 12.7. The molecular weight excluding hydrogens is 352 g/mol. The highest BCUT2D eigenvalue weighted by atomic mass is 16.5. The smallest absolute Gasteiger partial charge is 0.255 e. The van der Waals surface area contributed by atoms with Crippen LogP contribution in [-0.2, 0) is 0 Å². The SMILES string of the molecule is CC(C)Oc1cccc(C(=O)Nc2ccc(C(=O)N3CCCCCC3)cc2)c1. The van der Waals surface area contributed by atoms with Crippen LogP contribution in [0.3, 0.4) is 0 Å². The van der Waals surface area contributed by atoms with Gasteiger partial charge in [0.25, 0.3) is 11.8 Å². The van der Waals surface area contributed by atoms with E-state index in [0.29, 0.717) is 22.6 Å². The highest BCUT2D eigenvalue weighted by molar-refractivity contribution is 6.04. The predicted molar refractivity (Wildman–Crippen MR) is 111 cm³/mol. The van der Waals surface area contributed by atoms with Crippen LogP contribution in [0.5, 0.6) is 5.75 Å². The Balaban J connectivity index is 1.63. The van der Waals surface area contributed by atoms with E-state index < -0.39 is 0 Å². The van der Waals surface area contributed by atoms with Crippen molar-refractivity contribution in [3.63, 3.8) is 0 Å². The van der Waals surface area contributed by atoms with E-state index in [0.717, 1.165) is 25.9 Å². The molecule has 3 rings (SSSR count). The lowest BCUT2D eigenvalue weighted by molar-refractivity contribution is 0.0761. The number of hydrogen-bond acceptors (Lipinski definition) is 3. The van der Waals surface area contributed by atoms with E-state index in [1.165, 1.54) is 12.8 Å². The topological polar surface area (TPSA) is 58.6 Å². The van der Waals surface area contributed by atoms with Gasteiger partial charge in [-0.3, -0.25) is 9.59 Å². The number of anilines is 1. The Bertz CT molecular complexity index is 807. The summed E-state index contributed by atoms with van der Waals surface area (Å²) in [5.41, 5.74) is 1.85. The van der Waals surface area contributed by atoms with E-state index in [2.05, 4.69) is 5.32 Å². The molecule has 2 aromatic carbocycles. The first-order valence-electron chi connectivity index (χ1n) is 10.0. The zero-order valence-electron chi connectivity index (χ0n) is 16.6. The third-order valence-corrected chi connectivity index (χ3v) is 4.75. The third-order valence-electron chi connectivity index (χ3n) is 4.75. The number of rotatable bonds is 5. The molecule has 0 radical (unpaired) electrons. The molecule has 1 aliphatic rings. The number of nitrogens with one attached hydrogen (secondary N) is 1. The molecule has 5 heteroatoms. The van der Waals surface area contributed by atoms with Gasteiger partial charge in [0.1, 0.15) is 5.75 Å². The summed E-state index contributed by atoms with van der Waals surface area (Å²) in [4.78, 5) is 27.1. The van der Waals surface area contributed by atoms with Crippen molar-refractivity contribution < 1.29 is 14.3 Å². The Morgan fingerprint density at radius 3 is 2.25 bits per heavy atom. The monoisotopic (exact) mass is 380 g/mol. The summed E-state index contributed by atoms with van der Waals surface area (Å²) in [6.45, 7) is 5.54. The van der Waals surface area contributed by atoms with Crippen molar-refractivity contribution in [2.45, 2.75) is 45.6 Å². The van der Waals surface area contributed by atoms with E-state index in [4.69, 9.17) is 4.74 Å². The number of carbonyl (C=O) groups is 2. The van der Waals surface area contributed by atoms with Gasteiger partial charge in [-0.2, -0.15) is 0 Å². The normalized spacial score (nSPS) is 14.5. The summed E-state index contributed by atoms with van der Waals surface area (Å²) in [5, 5.41) is 2.88. The summed E-state index contributed by atoms with van der Waals surface area (Å²) in [5.74, 6) is 0.528. The van der Waals surface area contributed by atoms with E-state index in [1.807, 2.05) is 24.8 Å². The van der Waals surface area contributed by atoms with Crippen LogP contribution in [0.4, 0.5) is 5.69 Å². The zero-order valence-corrected chi connectivity index (χ0v) is 16.6. The van der Waals surface area contributed by atoms with Crippen LogP contribution >= 0.6 is 0 Å². The molecule has 28 heavy (non-hydrogen) atoms. The quantitative estimate of drug-likeness (QED) is 0.815. The highest BCUT2D eigenvalue weighted by Gasteiger charge is 2.17. The molecule has 0 atom stereocenters. The lowest BCUT2D eigenvalue weighted by Crippen LogP contribution is -2.31. The standard InChI is InChI=1S/C23H28N2O3/c1-17(2)28-21-9-7-8-19(16-21)22(26)24-20-12-10-18(11-13-20)23(27)25-14-5-3-4-6-15-25/h7-13,16-17H,3-6,14-15H2,1-2H3,(H,24,26). The number of hydrogen-bond donors (Lipinski definition) is 1. The Kier molecular flexibility index (Phi) is 6.69. The summed E-state index contributed by atoms with van der Waals surface area (Å²) >= 11 is 0. The van der Waals surface area contributed by atoms with Crippen molar-refractivity contribution in [1.29, 1.82) is 0 Å². The molecule has 0 bridgehead atoms. The summed E-state index contributed by atoms with van der Waals surface area (Å²) in [6, 6.07) is 14.2. The minimum atomic E-state index is -0.208. The largest absolute Gasteiger partial charge is 0.491 e. The van der Waals surface area contributed by atoms with Gasteiger partial charge in [0, 0.05) is 29.9 Å². The number of ether oxygens (including phenoxy) is 1. The molecule has 1 fully saturated rings. The molecule has 2 amide bonds. The zero-order chi connectivity index (χ0) is 19.9. The lowest BCUT2D eigenvalue weighted by Gasteiger charge is -2.20. The molecule has 0 aliphatic carbocycles. The highest BCUT2D eigenvalue weighted by Crippen LogP contribution is 2.18. The maximum Gasteiger partial charge on any atom is 0.255 e. The second kappa shape index (κ2) is 9.40. The molecule has 5 nitrogen and oxygen atoms in total. The van der Waals surface area contributed by atoms with Crippen molar-refractivity contribution in [2.75, 3.05) is 18.4 Å². The van der Waals surface area contributed by atoms with Gasteiger partial charge in [-0.1, -0.05) is 18.9 Å². The molecule has 1 saturated heterocycles. The second-order valence-electron chi connectivity index (χ2n) is 7.43. The van der Waals surface area contributed by atoms with E-state index >= 15 is 0 Å². The molecule has 1 N–H and O–H groups in total. The number of carbonyl (C=O) groups excluding carboxylic acids is 2. The van der Waals surface area contributed by atoms with Crippen LogP contribution in [0.2, 0.25) is 0 Å². The fraction of sp³-hybridized carbons (Fsp3) is 0.391. The molecule has 0 spiro atoms. The van der Waals surface area contributed by atoms with Gasteiger partial charge in [-0.25, -0.2) is 0 Å². The van der Waals surface area contributed by atoms with Gasteiger partial charge < -0.3 is 15.0 Å². The van der Waals surface area contributed by atoms with Crippen molar-refractivity contribution in [1.82, 2.24) is 4.90 Å². The number of nitrogens with zero attached hydrogens (tertiary/aromatic N) is 1. The number of benzene rings is 2. The molecule has 0 unspecified atom stereocenters. The van der Waals surface area contributed by atoms with Gasteiger partial charge in [-0.15, -0.1) is 0 Å². The van der Waals surface area contributed by atoms with Gasteiger partial charge in [-0.05, 0) is 69.2 Å². The first-order valence-corrected chi connectivity index (χ1v) is 10.0. The van der Waals surface area contributed by atoms with Gasteiger partial charge in [0.15, 0.2) is 0 Å². The van der Waals surface area contributed by atoms with E-state index in [-0.39, 0.29) is 17.9 Å². The van der Waals surface area contributed by atoms with Crippen LogP contribution in [0.15, 0.2) is 48.5 Å². The summed E-state index contributed by atoms with van der Waals surface area (Å²) < 4.78 is 5.64. The van der Waals surface area contributed by atoms with E-state index in [9.17, 15) is 9.59 Å². The van der Waals surface area contributed by atoms with E-state index in [1.54, 1.807) is 42.5 Å². The predicted octanol–water partition coefficient (Wildman–Crippen LogP) is 4.74. The van der Waals surface area contributed by atoms with Gasteiger partial charge >= 0.3 is 0 Å². The average molecular weight is 380 g/mol. The minimum absolute atomic E-state index is 0.0487. The molecule has 1 heterocycles. The summed E-state index contributed by atoms with van der Waals surface area (Å²) in [6.07, 6.45) is 4.57. The molecule has 0 aromatic heterocycles. The Morgan fingerprint density at radius 1 is 0.929 bits per heavy atom. The van der Waals surface area contributed by atoms with Crippen molar-refractivity contribution in [3.8, 4) is 5.75 Å². The van der Waals surface area contributed by atoms with Crippen molar-refractivity contribution in [2.24, 2.45) is 0 Å². The Labute approximate surface area is 166 Å². The van der Waals surface area contributed by atoms with Gasteiger partial charge in [0.05, 0.1) is 6.10 Å². The first kappa shape index (κ1) is 19.9. The molecule has 0 saturated carbocycles. The molecule has 1 aliphatic heterocycles.